The molecule has 1 saturated carbocycles. The highest BCUT2D eigenvalue weighted by molar-refractivity contribution is 7.97. The molecule has 2 amide bonds. The molecule has 58 heavy (non-hydrogen) atoms. The van der Waals surface area contributed by atoms with Gasteiger partial charge in [-0.3, -0.25) is 19.2 Å². The first-order chi connectivity index (χ1) is 28.0. The van der Waals surface area contributed by atoms with Crippen molar-refractivity contribution in [3.63, 3.8) is 0 Å². The van der Waals surface area contributed by atoms with Crippen molar-refractivity contribution in [2.45, 2.75) is 69.4 Å². The van der Waals surface area contributed by atoms with Crippen molar-refractivity contribution in [3.8, 4) is 33.8 Å². The molecule has 2 fully saturated rings. The van der Waals surface area contributed by atoms with E-state index in [0.29, 0.717) is 48.7 Å². The number of ether oxygens (including phenoxy) is 2. The van der Waals surface area contributed by atoms with Gasteiger partial charge in [0.15, 0.2) is 0 Å². The van der Waals surface area contributed by atoms with E-state index in [4.69, 9.17) is 37.8 Å². The highest BCUT2D eigenvalue weighted by Gasteiger charge is 2.32. The van der Waals surface area contributed by atoms with Gasteiger partial charge in [0.25, 0.3) is 0 Å². The first kappa shape index (κ1) is 42.1. The van der Waals surface area contributed by atoms with Crippen molar-refractivity contribution in [1.29, 1.82) is 0 Å². The zero-order valence-electron chi connectivity index (χ0n) is 33.3. The molecule has 10 nitrogen and oxygen atoms in total. The van der Waals surface area contributed by atoms with Gasteiger partial charge in [-0.05, 0) is 80.1 Å². The Bertz CT molecular complexity index is 2300. The molecule has 0 bridgehead atoms. The number of carbonyl (C=O) groups excluding carboxylic acids is 2. The van der Waals surface area contributed by atoms with Gasteiger partial charge in [-0.25, -0.2) is 0 Å². The van der Waals surface area contributed by atoms with Gasteiger partial charge < -0.3 is 24.8 Å². The van der Waals surface area contributed by atoms with Crippen LogP contribution in [0, 0.1) is 5.92 Å². The smallest absolute Gasteiger partial charge is 0.232 e. The lowest BCUT2D eigenvalue weighted by molar-refractivity contribution is -0.124. The molecule has 7 rings (SSSR count). The standard InChI is InChI=1S/C44H49Cl2N6O4SSi/c1-51(32-15-13-27(14-16-32)43(54)50-57-4)24-31-19-37(45)30(21-40(31)56-3)25-52-38-10-6-8-34(36(38)23-48-52)35-9-5-7-33(42(35)46)28-11-12-29(39(20-28)55-2)22-47-26-44(58)18-17-41(53)49-44/h5-12,19-21,23,27,32,47H,13-18,22,24-26H2,1-4H3,(H,49,53)(H,50,54)/t27?,32?,44-/m1/s1. The number of nitrogens with zero attached hydrogens (tertiary/aromatic N) is 3. The maximum Gasteiger partial charge on any atom is 0.232 e. The molecule has 3 radical (unpaired) electrons. The summed E-state index contributed by atoms with van der Waals surface area (Å²) < 4.78 is 16.6. The van der Waals surface area contributed by atoms with Crippen LogP contribution in [-0.2, 0) is 29.2 Å². The number of hydrogen-bond acceptors (Lipinski definition) is 8. The van der Waals surface area contributed by atoms with Crippen LogP contribution in [0.5, 0.6) is 11.5 Å². The van der Waals surface area contributed by atoms with Gasteiger partial charge >= 0.3 is 0 Å². The number of halogens is 2. The van der Waals surface area contributed by atoms with E-state index in [1.54, 1.807) is 14.2 Å². The Labute approximate surface area is 358 Å². The van der Waals surface area contributed by atoms with Gasteiger partial charge in [-0.15, -0.1) is 0 Å². The second-order valence-electron chi connectivity index (χ2n) is 15.3. The summed E-state index contributed by atoms with van der Waals surface area (Å²) in [6.07, 6.45) is 8.75. The van der Waals surface area contributed by atoms with E-state index in [-0.39, 0.29) is 17.7 Å². The molecular weight excluding hydrogens is 808 g/mol. The Hall–Kier alpha value is -4.04. The first-order valence-electron chi connectivity index (χ1n) is 19.6. The number of hydrogen-bond donors (Lipinski definition) is 3. The van der Waals surface area contributed by atoms with Gasteiger partial charge in [0, 0.05) is 82.1 Å². The maximum absolute atomic E-state index is 12.3. The second-order valence-corrected chi connectivity index (χ2v) is 17.7. The number of amides is 2. The second kappa shape index (κ2) is 18.5. The zero-order valence-corrected chi connectivity index (χ0v) is 36.6. The third kappa shape index (κ3) is 9.22. The number of carbonyl (C=O) groups is 2. The van der Waals surface area contributed by atoms with Crippen LogP contribution in [-0.4, -0.2) is 82.0 Å². The Kier molecular flexibility index (Phi) is 13.4. The Morgan fingerprint density at radius 1 is 0.983 bits per heavy atom. The van der Waals surface area contributed by atoms with Gasteiger partial charge in [0.1, 0.15) is 11.5 Å². The van der Waals surface area contributed by atoms with Crippen molar-refractivity contribution in [2.24, 2.45) is 5.92 Å². The topological polar surface area (TPSA) is 110 Å². The van der Waals surface area contributed by atoms with Gasteiger partial charge in [0.05, 0.1) is 47.7 Å². The van der Waals surface area contributed by atoms with Crippen molar-refractivity contribution in [3.05, 3.63) is 99.7 Å². The van der Waals surface area contributed by atoms with Crippen molar-refractivity contribution < 1.29 is 19.1 Å². The molecule has 1 aliphatic heterocycles. The fourth-order valence-electron chi connectivity index (χ4n) is 8.34. The monoisotopic (exact) mass is 855 g/mol. The van der Waals surface area contributed by atoms with Crippen LogP contribution >= 0.6 is 35.1 Å². The number of methoxy groups -OCH3 is 2. The number of fused-ring (bicyclic) bond motifs is 1. The van der Waals surface area contributed by atoms with Crippen LogP contribution in [0.2, 0.25) is 10.0 Å². The summed E-state index contributed by atoms with van der Waals surface area (Å²) in [4.78, 5) is 26.4. The minimum atomic E-state index is -0.433. The lowest BCUT2D eigenvalue weighted by Gasteiger charge is -2.34. The van der Waals surface area contributed by atoms with Crippen LogP contribution in [0.4, 0.5) is 0 Å². The van der Waals surface area contributed by atoms with Crippen LogP contribution in [0.15, 0.2) is 72.9 Å². The van der Waals surface area contributed by atoms with E-state index >= 15 is 0 Å². The average Bonchev–Trinajstić information content (AvgIpc) is 3.80. The van der Waals surface area contributed by atoms with Gasteiger partial charge in [-0.2, -0.15) is 5.10 Å². The molecule has 14 heteroatoms. The zero-order chi connectivity index (χ0) is 41.0. The normalized spacial score (nSPS) is 19.4. The largest absolute Gasteiger partial charge is 0.496 e. The number of benzene rings is 4. The predicted octanol–water partition coefficient (Wildman–Crippen LogP) is 7.99. The summed E-state index contributed by atoms with van der Waals surface area (Å²) in [5.74, 6) is 1.82. The van der Waals surface area contributed by atoms with Crippen LogP contribution in [0.25, 0.3) is 33.2 Å². The fraction of sp³-hybridized carbons (Fsp3) is 0.386. The maximum atomic E-state index is 12.3. The molecule has 1 atom stereocenters. The van der Waals surface area contributed by atoms with E-state index in [9.17, 15) is 9.59 Å². The third-order valence-corrected chi connectivity index (χ3v) is 13.3. The molecule has 1 aromatic heterocycles. The minimum absolute atomic E-state index is 0.0556. The summed E-state index contributed by atoms with van der Waals surface area (Å²) in [7, 11) is 9.23. The summed E-state index contributed by atoms with van der Waals surface area (Å²) in [6, 6.07) is 22.8. The van der Waals surface area contributed by atoms with Crippen molar-refractivity contribution in [1.82, 2.24) is 30.0 Å². The molecule has 1 aliphatic carbocycles. The quantitative estimate of drug-likeness (QED) is 0.0719. The Morgan fingerprint density at radius 2 is 1.71 bits per heavy atom. The molecule has 0 unspecified atom stereocenters. The molecule has 1 saturated heterocycles. The molecular formula is C44H49Cl2N6O4SSi. The van der Waals surface area contributed by atoms with Crippen LogP contribution in [0.1, 0.15) is 55.2 Å². The van der Waals surface area contributed by atoms with E-state index in [0.717, 1.165) is 93.5 Å². The van der Waals surface area contributed by atoms with E-state index < -0.39 is 5.16 Å². The van der Waals surface area contributed by atoms with Crippen molar-refractivity contribution >= 4 is 68.1 Å². The van der Waals surface area contributed by atoms with E-state index in [1.165, 1.54) is 11.9 Å². The molecule has 0 spiro atoms. The number of aromatic nitrogens is 2. The Morgan fingerprint density at radius 3 is 2.43 bits per heavy atom. The predicted molar refractivity (Wildman–Crippen MR) is 236 cm³/mol. The highest BCUT2D eigenvalue weighted by Crippen LogP contribution is 2.41. The lowest BCUT2D eigenvalue weighted by Crippen LogP contribution is -2.49. The number of rotatable bonds is 15. The first-order valence-corrected chi connectivity index (χ1v) is 22.0. The Balaban J connectivity index is 1.07. The van der Waals surface area contributed by atoms with Gasteiger partial charge in [0.2, 0.25) is 11.8 Å². The summed E-state index contributed by atoms with van der Waals surface area (Å²) in [5.41, 5.74) is 7.61. The molecule has 4 aromatic carbocycles. The van der Waals surface area contributed by atoms with Crippen LogP contribution < -0.4 is 24.8 Å². The van der Waals surface area contributed by atoms with E-state index in [2.05, 4.69) is 61.8 Å². The van der Waals surface area contributed by atoms with Gasteiger partial charge in [-0.1, -0.05) is 77.6 Å². The molecule has 303 valence electrons. The minimum Gasteiger partial charge on any atom is -0.496 e. The highest BCUT2D eigenvalue weighted by atomic mass is 35.5. The summed E-state index contributed by atoms with van der Waals surface area (Å²) in [5, 5.41) is 13.1. The molecule has 3 N–H and O–H groups in total. The molecule has 2 aliphatic rings. The average molecular weight is 857 g/mol. The van der Waals surface area contributed by atoms with Crippen molar-refractivity contribution in [2.75, 3.05) is 34.1 Å². The van der Waals surface area contributed by atoms with E-state index in [1.807, 2.05) is 59.6 Å². The lowest BCUT2D eigenvalue weighted by atomic mass is 9.85. The summed E-state index contributed by atoms with van der Waals surface area (Å²) in [6.45, 7) is 2.32. The number of nitrogens with one attached hydrogen (secondary N) is 3. The molecule has 5 aromatic rings. The summed E-state index contributed by atoms with van der Waals surface area (Å²) >= 11 is 15.6. The molecule has 2 heterocycles. The fourth-order valence-corrected chi connectivity index (χ4v) is 9.68. The SMILES string of the molecule is COc1cc(-c2cccc(-c3cccc4c3cnn4Cc3cc(OC)c(CN(C)C4CCC(C(=O)NSC)CC4)cc3Cl)c2Cl)ccc1CNC[C@]1([Si])CCC(=O)N1. The third-order valence-electron chi connectivity index (χ3n) is 11.6. The van der Waals surface area contributed by atoms with Crippen LogP contribution in [0.3, 0.4) is 0 Å².